The first-order valence-electron chi connectivity index (χ1n) is 4.22. The first-order chi connectivity index (χ1) is 7.04. The van der Waals surface area contributed by atoms with E-state index in [-0.39, 0.29) is 24.0 Å². The molecule has 1 atom stereocenters. The second kappa shape index (κ2) is 5.83. The molecule has 0 bridgehead atoms. The van der Waals surface area contributed by atoms with Crippen molar-refractivity contribution in [1.29, 1.82) is 0 Å². The second-order valence-corrected chi connectivity index (χ2v) is 4.53. The third-order valence-corrected chi connectivity index (χ3v) is 2.89. The summed E-state index contributed by atoms with van der Waals surface area (Å²) in [6, 6.07) is 2.75. The number of anilines is 1. The quantitative estimate of drug-likeness (QED) is 0.577. The molecule has 0 aliphatic rings. The minimum Gasteiger partial charge on any atom is -0.394 e. The molecule has 0 aliphatic heterocycles. The van der Waals surface area contributed by atoms with E-state index >= 15 is 0 Å². The van der Waals surface area contributed by atoms with Crippen LogP contribution in [0.2, 0.25) is 5.02 Å². The van der Waals surface area contributed by atoms with Gasteiger partial charge in [-0.3, -0.25) is 0 Å². The van der Waals surface area contributed by atoms with E-state index in [2.05, 4.69) is 5.32 Å². The molecule has 84 valence electrons. The Morgan fingerprint density at radius 2 is 2.20 bits per heavy atom. The molecule has 3 N–H and O–H groups in total. The van der Waals surface area contributed by atoms with E-state index in [0.717, 1.165) is 0 Å². The molecular weight excluding hydrogens is 335 g/mol. The van der Waals surface area contributed by atoms with Gasteiger partial charge < -0.3 is 15.5 Å². The van der Waals surface area contributed by atoms with Gasteiger partial charge in [0.1, 0.15) is 5.82 Å². The predicted molar refractivity (Wildman–Crippen MR) is 65.7 cm³/mol. The standard InChI is InChI=1S/C9H10ClFINO2/c10-6-1-7(11)8(12)2-9(6)13-3-5(15)4-14/h1-2,5,13-15H,3-4H2. The number of benzene rings is 1. The summed E-state index contributed by atoms with van der Waals surface area (Å²) in [6.07, 6.45) is -0.858. The maximum absolute atomic E-state index is 13.0. The highest BCUT2D eigenvalue weighted by molar-refractivity contribution is 14.1. The van der Waals surface area contributed by atoms with E-state index in [1.807, 2.05) is 22.6 Å². The fraction of sp³-hybridized carbons (Fsp3) is 0.333. The largest absolute Gasteiger partial charge is 0.394 e. The molecule has 15 heavy (non-hydrogen) atoms. The third kappa shape index (κ3) is 3.75. The van der Waals surface area contributed by atoms with Crippen LogP contribution in [0.4, 0.5) is 10.1 Å². The highest BCUT2D eigenvalue weighted by Crippen LogP contribution is 2.26. The lowest BCUT2D eigenvalue weighted by atomic mass is 10.3. The fourth-order valence-corrected chi connectivity index (χ4v) is 1.63. The summed E-state index contributed by atoms with van der Waals surface area (Å²) in [5.41, 5.74) is 0.537. The molecule has 1 aromatic rings. The van der Waals surface area contributed by atoms with Crippen LogP contribution in [-0.4, -0.2) is 29.5 Å². The molecule has 0 saturated carbocycles. The molecule has 1 aromatic carbocycles. The zero-order chi connectivity index (χ0) is 11.4. The fourth-order valence-electron chi connectivity index (χ4n) is 0.950. The minimum atomic E-state index is -0.858. The lowest BCUT2D eigenvalue weighted by Gasteiger charge is -2.12. The predicted octanol–water partition coefficient (Wildman–Crippen LogP) is 1.85. The van der Waals surface area contributed by atoms with Gasteiger partial charge in [-0.15, -0.1) is 0 Å². The number of rotatable bonds is 4. The molecular formula is C9H10ClFINO2. The highest BCUT2D eigenvalue weighted by Gasteiger charge is 2.08. The molecule has 0 aromatic heterocycles. The molecule has 0 radical (unpaired) electrons. The topological polar surface area (TPSA) is 52.5 Å². The van der Waals surface area contributed by atoms with Gasteiger partial charge in [-0.2, -0.15) is 0 Å². The number of aliphatic hydroxyl groups is 2. The van der Waals surface area contributed by atoms with E-state index < -0.39 is 6.10 Å². The summed E-state index contributed by atoms with van der Waals surface area (Å²) >= 11 is 7.63. The van der Waals surface area contributed by atoms with Crippen LogP contribution >= 0.6 is 34.2 Å². The van der Waals surface area contributed by atoms with Crippen LogP contribution in [0.15, 0.2) is 12.1 Å². The smallest absolute Gasteiger partial charge is 0.138 e. The van der Waals surface area contributed by atoms with Gasteiger partial charge in [-0.1, -0.05) is 11.6 Å². The van der Waals surface area contributed by atoms with Crippen LogP contribution in [0, 0.1) is 9.39 Å². The summed E-state index contributed by atoms with van der Waals surface area (Å²) in [5.74, 6) is -0.381. The van der Waals surface area contributed by atoms with Gasteiger partial charge in [-0.25, -0.2) is 4.39 Å². The first kappa shape index (κ1) is 13.0. The van der Waals surface area contributed by atoms with Crippen molar-refractivity contribution in [2.24, 2.45) is 0 Å². The normalized spacial score (nSPS) is 12.6. The molecule has 0 heterocycles. The molecule has 3 nitrogen and oxygen atoms in total. The Morgan fingerprint density at radius 3 is 2.80 bits per heavy atom. The Morgan fingerprint density at radius 1 is 1.53 bits per heavy atom. The Labute approximate surface area is 105 Å². The molecule has 0 aliphatic carbocycles. The Hall–Kier alpha value is -0.110. The van der Waals surface area contributed by atoms with E-state index in [9.17, 15) is 4.39 Å². The van der Waals surface area contributed by atoms with Crippen LogP contribution in [-0.2, 0) is 0 Å². The second-order valence-electron chi connectivity index (χ2n) is 2.96. The van der Waals surface area contributed by atoms with Crippen molar-refractivity contribution in [3.63, 3.8) is 0 Å². The Balaban J connectivity index is 2.73. The van der Waals surface area contributed by atoms with Crippen molar-refractivity contribution in [2.75, 3.05) is 18.5 Å². The molecule has 1 unspecified atom stereocenters. The van der Waals surface area contributed by atoms with Crippen molar-refractivity contribution in [3.05, 3.63) is 26.5 Å². The van der Waals surface area contributed by atoms with Crippen molar-refractivity contribution in [1.82, 2.24) is 0 Å². The molecule has 0 fully saturated rings. The summed E-state index contributed by atoms with van der Waals surface area (Å²) in [5, 5.41) is 20.8. The lowest BCUT2D eigenvalue weighted by Crippen LogP contribution is -2.23. The van der Waals surface area contributed by atoms with E-state index in [0.29, 0.717) is 9.26 Å². The summed E-state index contributed by atoms with van der Waals surface area (Å²) in [4.78, 5) is 0. The van der Waals surface area contributed by atoms with Crippen LogP contribution in [0.3, 0.4) is 0 Å². The minimum absolute atomic E-state index is 0.165. The third-order valence-electron chi connectivity index (χ3n) is 1.75. The Kier molecular flexibility index (Phi) is 5.04. The number of halogens is 3. The van der Waals surface area contributed by atoms with Crippen molar-refractivity contribution in [3.8, 4) is 0 Å². The maximum Gasteiger partial charge on any atom is 0.138 e. The lowest BCUT2D eigenvalue weighted by molar-refractivity contribution is 0.105. The van der Waals surface area contributed by atoms with Crippen LogP contribution in [0.5, 0.6) is 0 Å². The maximum atomic E-state index is 13.0. The van der Waals surface area contributed by atoms with E-state index in [1.54, 1.807) is 6.07 Å². The highest BCUT2D eigenvalue weighted by atomic mass is 127. The van der Waals surface area contributed by atoms with Crippen molar-refractivity contribution >= 4 is 39.9 Å². The van der Waals surface area contributed by atoms with Crippen LogP contribution in [0.1, 0.15) is 0 Å². The van der Waals surface area contributed by atoms with Crippen molar-refractivity contribution in [2.45, 2.75) is 6.10 Å². The average Bonchev–Trinajstić information content (AvgIpc) is 2.21. The summed E-state index contributed by atoms with van der Waals surface area (Å²) < 4.78 is 13.5. The zero-order valence-corrected chi connectivity index (χ0v) is 10.6. The van der Waals surface area contributed by atoms with Crippen molar-refractivity contribution < 1.29 is 14.6 Å². The monoisotopic (exact) mass is 345 g/mol. The summed E-state index contributed by atoms with van der Waals surface area (Å²) in [7, 11) is 0. The van der Waals surface area contributed by atoms with Gasteiger partial charge in [0.05, 0.1) is 27.0 Å². The van der Waals surface area contributed by atoms with Gasteiger partial charge in [0.2, 0.25) is 0 Å². The van der Waals surface area contributed by atoms with Gasteiger partial charge in [0, 0.05) is 6.54 Å². The van der Waals surface area contributed by atoms with Gasteiger partial charge >= 0.3 is 0 Å². The molecule has 6 heteroatoms. The molecule has 0 saturated heterocycles. The SMILES string of the molecule is OCC(O)CNc1cc(I)c(F)cc1Cl. The number of nitrogens with one attached hydrogen (secondary N) is 1. The Bertz CT molecular complexity index is 351. The van der Waals surface area contributed by atoms with Crippen LogP contribution < -0.4 is 5.32 Å². The zero-order valence-electron chi connectivity index (χ0n) is 7.67. The van der Waals surface area contributed by atoms with E-state index in [1.165, 1.54) is 6.07 Å². The molecule has 1 rings (SSSR count). The van der Waals surface area contributed by atoms with Gasteiger partial charge in [0.15, 0.2) is 0 Å². The first-order valence-corrected chi connectivity index (χ1v) is 5.67. The number of hydrogen-bond donors (Lipinski definition) is 3. The number of hydrogen-bond acceptors (Lipinski definition) is 3. The molecule has 0 amide bonds. The molecule has 0 spiro atoms. The van der Waals surface area contributed by atoms with Gasteiger partial charge in [-0.05, 0) is 34.7 Å². The average molecular weight is 346 g/mol. The van der Waals surface area contributed by atoms with Gasteiger partial charge in [0.25, 0.3) is 0 Å². The summed E-state index contributed by atoms with van der Waals surface area (Å²) in [6.45, 7) is -0.166. The number of aliphatic hydroxyl groups excluding tert-OH is 2. The van der Waals surface area contributed by atoms with E-state index in [4.69, 9.17) is 21.8 Å². The van der Waals surface area contributed by atoms with Crippen LogP contribution in [0.25, 0.3) is 0 Å².